The first kappa shape index (κ1) is 15.4. The Morgan fingerprint density at radius 2 is 1.95 bits per heavy atom. The summed E-state index contributed by atoms with van der Waals surface area (Å²) in [4.78, 5) is 10.2. The molecule has 0 saturated carbocycles. The fraction of sp³-hybridized carbons (Fsp3) is 0.200. The predicted octanol–water partition coefficient (Wildman–Crippen LogP) is 3.89. The second kappa shape index (κ2) is 6.65. The number of hydrogen-bond acceptors (Lipinski definition) is 3. The zero-order chi connectivity index (χ0) is 15.4. The van der Waals surface area contributed by atoms with Crippen LogP contribution < -0.4 is 5.32 Å². The third kappa shape index (κ3) is 3.56. The summed E-state index contributed by atoms with van der Waals surface area (Å²) in [5.41, 5.74) is 1.61. The van der Waals surface area contributed by atoms with Gasteiger partial charge in [-0.3, -0.25) is 10.1 Å². The quantitative estimate of drug-likeness (QED) is 0.673. The molecule has 0 aromatic heterocycles. The second-order valence-electron chi connectivity index (χ2n) is 4.61. The Kier molecular flexibility index (Phi) is 4.88. The van der Waals surface area contributed by atoms with Crippen molar-refractivity contribution in [1.29, 1.82) is 0 Å². The molecule has 2 rings (SSSR count). The largest absolute Gasteiger partial charge is 0.313 e. The molecule has 6 heteroatoms. The van der Waals surface area contributed by atoms with E-state index in [2.05, 4.69) is 5.32 Å². The Balaban J connectivity index is 2.23. The van der Waals surface area contributed by atoms with E-state index in [0.717, 1.165) is 5.56 Å². The Morgan fingerprint density at radius 3 is 2.52 bits per heavy atom. The number of nitrogens with one attached hydrogen (secondary N) is 1. The van der Waals surface area contributed by atoms with Gasteiger partial charge in [-0.25, -0.2) is 4.39 Å². The summed E-state index contributed by atoms with van der Waals surface area (Å²) in [5.74, 6) is -0.460. The summed E-state index contributed by atoms with van der Waals surface area (Å²) in [5, 5.41) is 13.8. The van der Waals surface area contributed by atoms with Crippen LogP contribution in [0.1, 0.15) is 17.2 Å². The van der Waals surface area contributed by atoms with Crippen molar-refractivity contribution in [2.45, 2.75) is 12.5 Å². The zero-order valence-corrected chi connectivity index (χ0v) is 12.1. The van der Waals surface area contributed by atoms with E-state index >= 15 is 0 Å². The van der Waals surface area contributed by atoms with Crippen molar-refractivity contribution in [3.63, 3.8) is 0 Å². The van der Waals surface area contributed by atoms with Gasteiger partial charge in [0.25, 0.3) is 5.69 Å². The van der Waals surface area contributed by atoms with Crippen LogP contribution >= 0.6 is 11.6 Å². The lowest BCUT2D eigenvalue weighted by Crippen LogP contribution is -2.19. The number of nitro benzene ring substituents is 1. The number of likely N-dealkylation sites (N-methyl/N-ethyl adjacent to an activating group) is 1. The van der Waals surface area contributed by atoms with Crippen LogP contribution in [-0.4, -0.2) is 12.0 Å². The third-order valence-electron chi connectivity index (χ3n) is 3.29. The summed E-state index contributed by atoms with van der Waals surface area (Å²) in [7, 11) is 1.76. The van der Waals surface area contributed by atoms with Crippen LogP contribution in [0.4, 0.5) is 10.1 Å². The van der Waals surface area contributed by atoms with Crippen molar-refractivity contribution in [2.24, 2.45) is 0 Å². The van der Waals surface area contributed by atoms with E-state index < -0.39 is 10.7 Å². The lowest BCUT2D eigenvalue weighted by Gasteiger charge is -2.18. The molecule has 0 aliphatic heterocycles. The SMILES string of the molecule is CNC(Cc1ccc([N+](=O)[O-])cc1)c1cccc(F)c1Cl. The number of halogens is 2. The molecule has 0 fully saturated rings. The van der Waals surface area contributed by atoms with Crippen molar-refractivity contribution in [1.82, 2.24) is 5.32 Å². The normalized spacial score (nSPS) is 12.1. The van der Waals surface area contributed by atoms with Crippen LogP contribution in [0.5, 0.6) is 0 Å². The number of rotatable bonds is 5. The lowest BCUT2D eigenvalue weighted by atomic mass is 9.98. The number of hydrogen-bond donors (Lipinski definition) is 1. The molecule has 0 bridgehead atoms. The van der Waals surface area contributed by atoms with E-state index in [4.69, 9.17) is 11.6 Å². The summed E-state index contributed by atoms with van der Waals surface area (Å²) >= 11 is 6.00. The molecular weight excluding hydrogens is 295 g/mol. The average molecular weight is 309 g/mol. The molecule has 1 N–H and O–H groups in total. The Hall–Kier alpha value is -1.98. The summed E-state index contributed by atoms with van der Waals surface area (Å²) in [6.45, 7) is 0. The molecule has 4 nitrogen and oxygen atoms in total. The minimum Gasteiger partial charge on any atom is -0.313 e. The lowest BCUT2D eigenvalue weighted by molar-refractivity contribution is -0.384. The fourth-order valence-electron chi connectivity index (χ4n) is 2.15. The highest BCUT2D eigenvalue weighted by atomic mass is 35.5. The highest BCUT2D eigenvalue weighted by Crippen LogP contribution is 2.28. The number of nitrogens with zero attached hydrogens (tertiary/aromatic N) is 1. The molecule has 2 aromatic rings. The van der Waals surface area contributed by atoms with Gasteiger partial charge in [0.05, 0.1) is 9.95 Å². The molecule has 0 spiro atoms. The third-order valence-corrected chi connectivity index (χ3v) is 3.69. The highest BCUT2D eigenvalue weighted by Gasteiger charge is 2.16. The van der Waals surface area contributed by atoms with Crippen molar-refractivity contribution in [3.8, 4) is 0 Å². The molecule has 1 unspecified atom stereocenters. The summed E-state index contributed by atoms with van der Waals surface area (Å²) in [6, 6.07) is 10.8. The molecule has 1 atom stereocenters. The first-order valence-electron chi connectivity index (χ1n) is 6.37. The van der Waals surface area contributed by atoms with Crippen molar-refractivity contribution < 1.29 is 9.31 Å². The van der Waals surface area contributed by atoms with Gasteiger partial charge < -0.3 is 5.32 Å². The maximum Gasteiger partial charge on any atom is 0.269 e. The van der Waals surface area contributed by atoms with E-state index in [1.807, 2.05) is 0 Å². The van der Waals surface area contributed by atoms with Gasteiger partial charge in [0.15, 0.2) is 0 Å². The Morgan fingerprint density at radius 1 is 1.29 bits per heavy atom. The maximum atomic E-state index is 13.5. The predicted molar refractivity (Wildman–Crippen MR) is 80.0 cm³/mol. The van der Waals surface area contributed by atoms with Gasteiger partial charge in [0, 0.05) is 18.2 Å². The molecule has 0 heterocycles. The van der Waals surface area contributed by atoms with E-state index in [1.54, 1.807) is 31.3 Å². The van der Waals surface area contributed by atoms with Crippen molar-refractivity contribution >= 4 is 17.3 Å². The number of benzene rings is 2. The van der Waals surface area contributed by atoms with Crippen LogP contribution in [0.15, 0.2) is 42.5 Å². The highest BCUT2D eigenvalue weighted by molar-refractivity contribution is 6.31. The molecular formula is C15H14ClFN2O2. The van der Waals surface area contributed by atoms with Crippen molar-refractivity contribution in [2.75, 3.05) is 7.05 Å². The molecule has 0 amide bonds. The van der Waals surface area contributed by atoms with Crippen LogP contribution in [-0.2, 0) is 6.42 Å². The Bertz CT molecular complexity index is 647. The molecule has 0 radical (unpaired) electrons. The summed E-state index contributed by atoms with van der Waals surface area (Å²) in [6.07, 6.45) is 0.553. The van der Waals surface area contributed by atoms with Gasteiger partial charge in [0.1, 0.15) is 5.82 Å². The summed E-state index contributed by atoms with van der Waals surface area (Å²) < 4.78 is 13.5. The first-order chi connectivity index (χ1) is 10.0. The maximum absolute atomic E-state index is 13.5. The van der Waals surface area contributed by atoms with Gasteiger partial charge in [-0.2, -0.15) is 0 Å². The fourth-order valence-corrected chi connectivity index (χ4v) is 2.40. The standard InChI is InChI=1S/C15H14ClFN2O2/c1-18-14(12-3-2-4-13(17)15(12)16)9-10-5-7-11(8-6-10)19(20)21/h2-8,14,18H,9H2,1H3. The molecule has 0 aliphatic rings. The van der Waals surface area contributed by atoms with Gasteiger partial charge in [-0.1, -0.05) is 35.9 Å². The second-order valence-corrected chi connectivity index (χ2v) is 4.99. The number of nitro groups is 1. The van der Waals surface area contributed by atoms with Gasteiger partial charge >= 0.3 is 0 Å². The topological polar surface area (TPSA) is 55.2 Å². The molecule has 110 valence electrons. The molecule has 2 aromatic carbocycles. The molecule has 21 heavy (non-hydrogen) atoms. The molecule has 0 aliphatic carbocycles. The smallest absolute Gasteiger partial charge is 0.269 e. The average Bonchev–Trinajstić information content (AvgIpc) is 2.48. The first-order valence-corrected chi connectivity index (χ1v) is 6.75. The van der Waals surface area contributed by atoms with Crippen LogP contribution in [0.25, 0.3) is 0 Å². The van der Waals surface area contributed by atoms with E-state index in [0.29, 0.717) is 12.0 Å². The Labute approximate surface area is 126 Å². The molecule has 0 saturated heterocycles. The number of non-ortho nitro benzene ring substituents is 1. The minimum absolute atomic E-state index is 0.0449. The van der Waals surface area contributed by atoms with Crippen LogP contribution in [0, 0.1) is 15.9 Å². The minimum atomic E-state index is -0.460. The monoisotopic (exact) mass is 308 g/mol. The van der Waals surface area contributed by atoms with E-state index in [9.17, 15) is 14.5 Å². The van der Waals surface area contributed by atoms with Crippen molar-refractivity contribution in [3.05, 3.63) is 74.5 Å². The van der Waals surface area contributed by atoms with Crippen LogP contribution in [0.3, 0.4) is 0 Å². The van der Waals surface area contributed by atoms with E-state index in [-0.39, 0.29) is 16.8 Å². The van der Waals surface area contributed by atoms with Gasteiger partial charge in [-0.05, 0) is 30.7 Å². The zero-order valence-electron chi connectivity index (χ0n) is 11.3. The van der Waals surface area contributed by atoms with Gasteiger partial charge in [0.2, 0.25) is 0 Å². The van der Waals surface area contributed by atoms with Crippen LogP contribution in [0.2, 0.25) is 5.02 Å². The van der Waals surface area contributed by atoms with Gasteiger partial charge in [-0.15, -0.1) is 0 Å². The van der Waals surface area contributed by atoms with E-state index in [1.165, 1.54) is 18.2 Å².